The molecule has 1 N–H and O–H groups in total. The predicted octanol–water partition coefficient (Wildman–Crippen LogP) is 2.88. The standard InChI is InChI=1S/C15H29NO2/c1-6-7-8-12-15(17-10-9-16-12)11-13(2,3)18-14(15,4)5/h12,16H,6-11H2,1-5H3. The molecular weight excluding hydrogens is 226 g/mol. The summed E-state index contributed by atoms with van der Waals surface area (Å²) in [7, 11) is 0. The van der Waals surface area contributed by atoms with Gasteiger partial charge in [-0.2, -0.15) is 0 Å². The Labute approximate surface area is 112 Å². The van der Waals surface area contributed by atoms with Crippen LogP contribution in [-0.2, 0) is 9.47 Å². The maximum Gasteiger partial charge on any atom is 0.114 e. The molecule has 2 aliphatic heterocycles. The lowest BCUT2D eigenvalue weighted by molar-refractivity contribution is -0.180. The number of nitrogens with one attached hydrogen (secondary N) is 1. The summed E-state index contributed by atoms with van der Waals surface area (Å²) in [5, 5.41) is 3.68. The third-order valence-electron chi connectivity index (χ3n) is 4.50. The van der Waals surface area contributed by atoms with Crippen molar-refractivity contribution in [1.29, 1.82) is 0 Å². The van der Waals surface area contributed by atoms with Crippen molar-refractivity contribution in [2.75, 3.05) is 13.2 Å². The Morgan fingerprint density at radius 1 is 1.22 bits per heavy atom. The Morgan fingerprint density at radius 3 is 2.50 bits per heavy atom. The third kappa shape index (κ3) is 2.33. The summed E-state index contributed by atoms with van der Waals surface area (Å²) in [5.41, 5.74) is -0.473. The van der Waals surface area contributed by atoms with Crippen molar-refractivity contribution in [3.63, 3.8) is 0 Å². The highest BCUT2D eigenvalue weighted by molar-refractivity contribution is 5.14. The van der Waals surface area contributed by atoms with Crippen molar-refractivity contribution in [3.05, 3.63) is 0 Å². The Hall–Kier alpha value is -0.120. The number of rotatable bonds is 3. The number of morpholine rings is 1. The van der Waals surface area contributed by atoms with Crippen LogP contribution in [0.15, 0.2) is 0 Å². The molecule has 2 saturated heterocycles. The zero-order chi connectivity index (χ0) is 13.4. The fourth-order valence-corrected chi connectivity index (χ4v) is 3.90. The van der Waals surface area contributed by atoms with E-state index in [1.807, 2.05) is 0 Å². The average molecular weight is 255 g/mol. The second kappa shape index (κ2) is 4.77. The minimum atomic E-state index is -0.220. The summed E-state index contributed by atoms with van der Waals surface area (Å²) in [6, 6.07) is 0.419. The van der Waals surface area contributed by atoms with Crippen LogP contribution >= 0.6 is 0 Å². The van der Waals surface area contributed by atoms with E-state index in [-0.39, 0.29) is 16.8 Å². The first-order chi connectivity index (χ1) is 8.33. The Morgan fingerprint density at radius 2 is 1.94 bits per heavy atom. The first-order valence-electron chi connectivity index (χ1n) is 7.40. The van der Waals surface area contributed by atoms with Gasteiger partial charge in [0, 0.05) is 19.0 Å². The van der Waals surface area contributed by atoms with E-state index in [1.54, 1.807) is 0 Å². The highest BCUT2D eigenvalue weighted by Crippen LogP contribution is 2.50. The van der Waals surface area contributed by atoms with Crippen molar-refractivity contribution in [2.24, 2.45) is 0 Å². The van der Waals surface area contributed by atoms with Crippen LogP contribution in [-0.4, -0.2) is 36.0 Å². The van der Waals surface area contributed by atoms with E-state index >= 15 is 0 Å². The van der Waals surface area contributed by atoms with E-state index < -0.39 is 0 Å². The first-order valence-corrected chi connectivity index (χ1v) is 7.40. The highest BCUT2D eigenvalue weighted by atomic mass is 16.6. The van der Waals surface area contributed by atoms with E-state index in [9.17, 15) is 0 Å². The zero-order valence-corrected chi connectivity index (χ0v) is 12.6. The van der Waals surface area contributed by atoms with Crippen molar-refractivity contribution in [3.8, 4) is 0 Å². The fourth-order valence-electron chi connectivity index (χ4n) is 3.90. The molecule has 2 unspecified atom stereocenters. The fraction of sp³-hybridized carbons (Fsp3) is 1.00. The largest absolute Gasteiger partial charge is 0.369 e. The lowest BCUT2D eigenvalue weighted by atomic mass is 9.74. The van der Waals surface area contributed by atoms with Crippen LogP contribution in [0.1, 0.15) is 60.3 Å². The maximum atomic E-state index is 6.30. The molecule has 0 aromatic carbocycles. The molecule has 2 heterocycles. The summed E-state index contributed by atoms with van der Waals surface area (Å²) in [5.74, 6) is 0. The molecule has 0 saturated carbocycles. The Balaban J connectivity index is 2.24. The zero-order valence-electron chi connectivity index (χ0n) is 12.6. The molecule has 106 valence electrons. The second-order valence-corrected chi connectivity index (χ2v) is 6.94. The van der Waals surface area contributed by atoms with Crippen LogP contribution in [0.3, 0.4) is 0 Å². The normalized spacial score (nSPS) is 38.2. The summed E-state index contributed by atoms with van der Waals surface area (Å²) >= 11 is 0. The minimum Gasteiger partial charge on any atom is -0.369 e. The van der Waals surface area contributed by atoms with Gasteiger partial charge in [-0.1, -0.05) is 19.8 Å². The number of hydrogen-bond donors (Lipinski definition) is 1. The molecule has 2 rings (SSSR count). The first kappa shape index (κ1) is 14.3. The van der Waals surface area contributed by atoms with E-state index in [0.29, 0.717) is 6.04 Å². The van der Waals surface area contributed by atoms with Crippen LogP contribution in [0, 0.1) is 0 Å². The monoisotopic (exact) mass is 255 g/mol. The highest BCUT2D eigenvalue weighted by Gasteiger charge is 2.62. The van der Waals surface area contributed by atoms with Gasteiger partial charge in [0.15, 0.2) is 0 Å². The van der Waals surface area contributed by atoms with Gasteiger partial charge in [0.2, 0.25) is 0 Å². The molecule has 1 spiro atoms. The maximum absolute atomic E-state index is 6.30. The van der Waals surface area contributed by atoms with Crippen LogP contribution in [0.4, 0.5) is 0 Å². The van der Waals surface area contributed by atoms with Crippen molar-refractivity contribution in [2.45, 2.75) is 83.1 Å². The topological polar surface area (TPSA) is 30.5 Å². The van der Waals surface area contributed by atoms with Gasteiger partial charge in [-0.25, -0.2) is 0 Å². The van der Waals surface area contributed by atoms with E-state index in [2.05, 4.69) is 39.9 Å². The lowest BCUT2D eigenvalue weighted by Crippen LogP contribution is -2.65. The number of hydrogen-bond acceptors (Lipinski definition) is 3. The van der Waals surface area contributed by atoms with Gasteiger partial charge in [-0.3, -0.25) is 0 Å². The van der Waals surface area contributed by atoms with E-state index in [0.717, 1.165) is 19.6 Å². The number of unbranched alkanes of at least 4 members (excludes halogenated alkanes) is 1. The van der Waals surface area contributed by atoms with Gasteiger partial charge in [0.25, 0.3) is 0 Å². The molecular formula is C15H29NO2. The predicted molar refractivity (Wildman–Crippen MR) is 73.9 cm³/mol. The number of ether oxygens (including phenoxy) is 2. The molecule has 3 heteroatoms. The third-order valence-corrected chi connectivity index (χ3v) is 4.50. The summed E-state index contributed by atoms with van der Waals surface area (Å²) in [6.07, 6.45) is 4.64. The van der Waals surface area contributed by atoms with Crippen LogP contribution in [0.25, 0.3) is 0 Å². The summed E-state index contributed by atoms with van der Waals surface area (Å²) in [4.78, 5) is 0. The average Bonchev–Trinajstić information content (AvgIpc) is 2.43. The van der Waals surface area contributed by atoms with Crippen LogP contribution in [0.2, 0.25) is 0 Å². The molecule has 0 radical (unpaired) electrons. The minimum absolute atomic E-state index is 0.0903. The lowest BCUT2D eigenvalue weighted by Gasteiger charge is -2.48. The van der Waals surface area contributed by atoms with Crippen molar-refractivity contribution in [1.82, 2.24) is 5.32 Å². The quantitative estimate of drug-likeness (QED) is 0.841. The van der Waals surface area contributed by atoms with Gasteiger partial charge < -0.3 is 14.8 Å². The molecule has 0 bridgehead atoms. The molecule has 0 aliphatic carbocycles. The smallest absolute Gasteiger partial charge is 0.114 e. The molecule has 2 atom stereocenters. The molecule has 18 heavy (non-hydrogen) atoms. The molecule has 0 aromatic heterocycles. The van der Waals surface area contributed by atoms with Gasteiger partial charge in [-0.05, 0) is 34.1 Å². The van der Waals surface area contributed by atoms with Crippen molar-refractivity contribution >= 4 is 0 Å². The van der Waals surface area contributed by atoms with Gasteiger partial charge in [0.1, 0.15) is 5.60 Å². The molecule has 0 aromatic rings. The molecule has 2 aliphatic rings. The van der Waals surface area contributed by atoms with Gasteiger partial charge >= 0.3 is 0 Å². The van der Waals surface area contributed by atoms with E-state index in [1.165, 1.54) is 19.3 Å². The SMILES string of the molecule is CCCCC1NCCOC12CC(C)(C)OC2(C)C. The second-order valence-electron chi connectivity index (χ2n) is 6.94. The van der Waals surface area contributed by atoms with Gasteiger partial charge in [0.05, 0.1) is 17.8 Å². The Kier molecular flexibility index (Phi) is 3.79. The Bertz CT molecular complexity index is 301. The molecule has 3 nitrogen and oxygen atoms in total. The van der Waals surface area contributed by atoms with Crippen molar-refractivity contribution < 1.29 is 9.47 Å². The van der Waals surface area contributed by atoms with Gasteiger partial charge in [-0.15, -0.1) is 0 Å². The summed E-state index contributed by atoms with van der Waals surface area (Å²) < 4.78 is 12.6. The van der Waals surface area contributed by atoms with E-state index in [4.69, 9.17) is 9.47 Å². The van der Waals surface area contributed by atoms with Crippen LogP contribution in [0.5, 0.6) is 0 Å². The molecule has 0 amide bonds. The molecule has 2 fully saturated rings. The summed E-state index contributed by atoms with van der Waals surface area (Å²) in [6.45, 7) is 12.7. The van der Waals surface area contributed by atoms with Crippen LogP contribution < -0.4 is 5.32 Å².